The van der Waals surface area contributed by atoms with Crippen molar-refractivity contribution in [1.29, 1.82) is 0 Å². The number of nitrogens with zero attached hydrogens (tertiary/aromatic N) is 4. The summed E-state index contributed by atoms with van der Waals surface area (Å²) in [5.41, 5.74) is 0. The number of hydrogen-bond donors (Lipinski definition) is 3. The van der Waals surface area contributed by atoms with E-state index >= 15 is 0 Å². The summed E-state index contributed by atoms with van der Waals surface area (Å²) in [4.78, 5) is 130. The minimum Gasteiger partial charge on any atom is -0.469 e. The van der Waals surface area contributed by atoms with Gasteiger partial charge in [-0.25, -0.2) is 0 Å². The molecule has 19 nitrogen and oxygen atoms in total. The lowest BCUT2D eigenvalue weighted by Crippen LogP contribution is -2.55. The Bertz CT molecular complexity index is 1910. The standard InChI is InChI=1S/C75H141N7O12S6/c1-13-16-19-22-25-28-31-34-55-95-98-58-43-64(83)80(49-37-40-67(86)92-10)70(61(4)5)73(89)76-46-52-79(53-47-77-74(90)71(62(6)7)81(50-38-41-68(87)93-11)65(84)44-59-99-96-56-35-32-29-26-23-20-17-14-2)54-48-78-75(91)72(63(8)9)82(51-39-42-69(88)94-12)66(85)45-60-100-97-57-36-33-30-27-24-21-18-15-3/h61-63,70-72H,13-60H2,1-12H3,(H,76,89)(H,77,90)(H,78,91). The smallest absolute Gasteiger partial charge is 0.305 e. The topological polar surface area (TPSA) is 230 Å². The maximum Gasteiger partial charge on any atom is 0.305 e. The molecule has 0 saturated heterocycles. The third kappa shape index (κ3) is 50.7. The van der Waals surface area contributed by atoms with Crippen molar-refractivity contribution in [1.82, 2.24) is 35.6 Å². The lowest BCUT2D eigenvalue weighted by atomic mass is 10.00. The first kappa shape index (κ1) is 97.3. The van der Waals surface area contributed by atoms with Crippen LogP contribution in [0, 0.1) is 17.8 Å². The van der Waals surface area contributed by atoms with Crippen LogP contribution in [-0.2, 0) is 57.4 Å². The molecule has 584 valence electrons. The van der Waals surface area contributed by atoms with Gasteiger partial charge in [-0.3, -0.25) is 48.1 Å². The SMILES string of the molecule is CCCCCCCCCCSSCCC(=O)N(CCCC(=O)OC)C(C(=O)NCCN(CCNC(=O)C(C(C)C)N(CCCC(=O)OC)C(=O)CCSSCCCCCCCCCC)CCNC(=O)C(C(C)C)N(CCCC(=O)OC)C(=O)CCSSCCCCCCCCCC)C(C)C. The van der Waals surface area contributed by atoms with Gasteiger partial charge in [0.2, 0.25) is 35.4 Å². The molecule has 0 radical (unpaired) electrons. The van der Waals surface area contributed by atoms with Crippen LogP contribution in [0.3, 0.4) is 0 Å². The molecular weight excluding hydrogens is 1380 g/mol. The van der Waals surface area contributed by atoms with Gasteiger partial charge in [0.1, 0.15) is 18.1 Å². The first-order valence-corrected chi connectivity index (χ1v) is 46.1. The third-order valence-electron chi connectivity index (χ3n) is 17.6. The van der Waals surface area contributed by atoms with Crippen LogP contribution in [0.4, 0.5) is 0 Å². The summed E-state index contributed by atoms with van der Waals surface area (Å²) < 4.78 is 14.8. The molecule has 0 aromatic carbocycles. The molecular formula is C75H141N7O12S6. The van der Waals surface area contributed by atoms with Crippen molar-refractivity contribution >= 4 is 118 Å². The normalized spacial score (nSPS) is 12.4. The third-order valence-corrected chi connectivity index (χ3v) is 25.0. The van der Waals surface area contributed by atoms with E-state index < -0.39 is 36.0 Å². The van der Waals surface area contributed by atoms with E-state index in [-0.39, 0.29) is 151 Å². The molecule has 0 heterocycles. The van der Waals surface area contributed by atoms with Crippen molar-refractivity contribution in [2.45, 2.75) is 292 Å². The van der Waals surface area contributed by atoms with Gasteiger partial charge in [-0.1, -0.05) is 262 Å². The fraction of sp³-hybridized carbons (Fsp3) is 0.880. The van der Waals surface area contributed by atoms with E-state index in [0.717, 1.165) is 36.5 Å². The molecule has 0 aliphatic carbocycles. The summed E-state index contributed by atoms with van der Waals surface area (Å²) in [5, 5.41) is 9.34. The van der Waals surface area contributed by atoms with Gasteiger partial charge in [-0.05, 0) is 56.3 Å². The highest BCUT2D eigenvalue weighted by molar-refractivity contribution is 8.77. The Morgan fingerprint density at radius 2 is 0.510 bits per heavy atom. The van der Waals surface area contributed by atoms with Crippen LogP contribution in [0.1, 0.15) is 274 Å². The molecule has 0 aromatic heterocycles. The average molecular weight is 1530 g/mol. The Morgan fingerprint density at radius 1 is 0.290 bits per heavy atom. The Balaban J connectivity index is 6.71. The van der Waals surface area contributed by atoms with Crippen LogP contribution >= 0.6 is 64.8 Å². The highest BCUT2D eigenvalue weighted by atomic mass is 33.1. The van der Waals surface area contributed by atoms with E-state index in [0.29, 0.717) is 36.5 Å². The van der Waals surface area contributed by atoms with Gasteiger partial charge in [-0.2, -0.15) is 0 Å². The second-order valence-corrected chi connectivity index (χ2v) is 35.3. The first-order valence-electron chi connectivity index (χ1n) is 38.6. The molecule has 0 rings (SSSR count). The van der Waals surface area contributed by atoms with E-state index in [9.17, 15) is 43.2 Å². The lowest BCUT2D eigenvalue weighted by molar-refractivity contribution is -0.144. The zero-order chi connectivity index (χ0) is 74.4. The number of esters is 3. The van der Waals surface area contributed by atoms with Gasteiger partial charge in [-0.15, -0.1) is 0 Å². The van der Waals surface area contributed by atoms with E-state index in [4.69, 9.17) is 14.2 Å². The van der Waals surface area contributed by atoms with E-state index in [1.807, 2.05) is 46.4 Å². The van der Waals surface area contributed by atoms with Crippen LogP contribution in [0.25, 0.3) is 0 Å². The van der Waals surface area contributed by atoms with E-state index in [1.54, 1.807) is 79.5 Å². The zero-order valence-corrected chi connectivity index (χ0v) is 69.4. The largest absolute Gasteiger partial charge is 0.469 e. The minimum absolute atomic E-state index is 0.0942. The summed E-state index contributed by atoms with van der Waals surface area (Å²) >= 11 is 0. The van der Waals surface area contributed by atoms with Gasteiger partial charge in [0.15, 0.2) is 0 Å². The lowest BCUT2D eigenvalue weighted by Gasteiger charge is -2.35. The maximum absolute atomic E-state index is 14.5. The van der Waals surface area contributed by atoms with Crippen LogP contribution in [0.2, 0.25) is 0 Å². The Morgan fingerprint density at radius 3 is 0.730 bits per heavy atom. The fourth-order valence-electron chi connectivity index (χ4n) is 11.9. The van der Waals surface area contributed by atoms with Crippen molar-refractivity contribution in [3.8, 4) is 0 Å². The van der Waals surface area contributed by atoms with Crippen LogP contribution in [0.15, 0.2) is 0 Å². The molecule has 0 bridgehead atoms. The minimum atomic E-state index is -0.834. The molecule has 0 aromatic rings. The van der Waals surface area contributed by atoms with Crippen molar-refractivity contribution in [3.05, 3.63) is 0 Å². The molecule has 0 aliphatic heterocycles. The van der Waals surface area contributed by atoms with Crippen molar-refractivity contribution in [3.63, 3.8) is 0 Å². The van der Waals surface area contributed by atoms with Crippen LogP contribution in [0.5, 0.6) is 0 Å². The molecule has 3 unspecified atom stereocenters. The number of carbonyl (C=O) groups is 9. The van der Waals surface area contributed by atoms with Gasteiger partial charge < -0.3 is 44.9 Å². The number of hydrogen-bond acceptors (Lipinski definition) is 19. The summed E-state index contributed by atoms with van der Waals surface area (Å²) in [7, 11) is 14.3. The molecule has 25 heteroatoms. The Hall–Kier alpha value is -2.71. The molecule has 0 saturated carbocycles. The monoisotopic (exact) mass is 1520 g/mol. The Labute approximate surface area is 631 Å². The summed E-state index contributed by atoms with van der Waals surface area (Å²) in [6.07, 6.45) is 31.9. The highest BCUT2D eigenvalue weighted by Crippen LogP contribution is 2.28. The molecule has 3 N–H and O–H groups in total. The van der Waals surface area contributed by atoms with Crippen LogP contribution in [-0.4, -0.2) is 206 Å². The predicted molar refractivity (Wildman–Crippen MR) is 427 cm³/mol. The summed E-state index contributed by atoms with van der Waals surface area (Å²) in [6.45, 7) is 20.0. The number of methoxy groups -OCH3 is 3. The fourth-order valence-corrected chi connectivity index (χ4v) is 18.3. The van der Waals surface area contributed by atoms with Gasteiger partial charge in [0.05, 0.1) is 21.3 Å². The van der Waals surface area contributed by atoms with Crippen molar-refractivity contribution in [2.75, 3.05) is 115 Å². The Kier molecular flexibility index (Phi) is 65.1. The number of carbonyl (C=O) groups excluding carboxylic acids is 9. The summed E-state index contributed by atoms with van der Waals surface area (Å²) in [5.74, 6) is 1.25. The maximum atomic E-state index is 14.5. The quantitative estimate of drug-likeness (QED) is 0.0222. The summed E-state index contributed by atoms with van der Waals surface area (Å²) in [6, 6.07) is -2.50. The first-order chi connectivity index (χ1) is 48.3. The van der Waals surface area contributed by atoms with Crippen molar-refractivity contribution in [2.24, 2.45) is 17.8 Å². The zero-order valence-electron chi connectivity index (χ0n) is 64.5. The number of nitrogens with one attached hydrogen (secondary N) is 3. The highest BCUT2D eigenvalue weighted by Gasteiger charge is 2.35. The molecule has 0 fully saturated rings. The number of ether oxygens (including phenoxy) is 3. The number of unbranched alkanes of at least 4 members (excludes halogenated alkanes) is 21. The molecule has 6 amide bonds. The van der Waals surface area contributed by atoms with Crippen molar-refractivity contribution < 1.29 is 57.4 Å². The molecule has 3 atom stereocenters. The van der Waals surface area contributed by atoms with E-state index in [2.05, 4.69) is 36.7 Å². The average Bonchev–Trinajstić information content (AvgIpc) is 0.863. The van der Waals surface area contributed by atoms with Gasteiger partial charge >= 0.3 is 17.9 Å². The number of amides is 6. The van der Waals surface area contributed by atoms with Gasteiger partial charge in [0, 0.05) is 132 Å². The predicted octanol–water partition coefficient (Wildman–Crippen LogP) is 15.8. The second-order valence-electron chi connectivity index (χ2n) is 27.2. The van der Waals surface area contributed by atoms with Crippen LogP contribution < -0.4 is 16.0 Å². The number of rotatable bonds is 69. The molecule has 0 spiro atoms. The molecule has 0 aliphatic rings. The molecule has 100 heavy (non-hydrogen) atoms. The second kappa shape index (κ2) is 66.9. The van der Waals surface area contributed by atoms with E-state index in [1.165, 1.54) is 156 Å². The van der Waals surface area contributed by atoms with Gasteiger partial charge in [0.25, 0.3) is 0 Å².